The SMILES string of the molecule is O=C(NCc1ccon1)N1CCCC[C@H]1CCO. The highest BCUT2D eigenvalue weighted by Crippen LogP contribution is 2.19. The number of likely N-dealkylation sites (tertiary alicyclic amines) is 1. The van der Waals surface area contributed by atoms with Crippen LogP contribution in [0.1, 0.15) is 31.4 Å². The van der Waals surface area contributed by atoms with E-state index < -0.39 is 0 Å². The van der Waals surface area contributed by atoms with Gasteiger partial charge in [-0.05, 0) is 25.7 Å². The van der Waals surface area contributed by atoms with E-state index in [2.05, 4.69) is 10.5 Å². The van der Waals surface area contributed by atoms with Crippen molar-refractivity contribution in [1.29, 1.82) is 0 Å². The molecule has 2 heterocycles. The van der Waals surface area contributed by atoms with Crippen LogP contribution in [-0.4, -0.2) is 40.4 Å². The van der Waals surface area contributed by atoms with E-state index in [1.807, 2.05) is 4.90 Å². The molecule has 1 aromatic rings. The zero-order valence-corrected chi connectivity index (χ0v) is 10.3. The van der Waals surface area contributed by atoms with Gasteiger partial charge in [-0.15, -0.1) is 0 Å². The molecule has 0 aliphatic carbocycles. The Kier molecular flexibility index (Phi) is 4.58. The number of piperidine rings is 1. The summed E-state index contributed by atoms with van der Waals surface area (Å²) in [6.45, 7) is 1.25. The lowest BCUT2D eigenvalue weighted by atomic mass is 10.0. The lowest BCUT2D eigenvalue weighted by molar-refractivity contribution is 0.131. The molecule has 0 aromatic carbocycles. The van der Waals surface area contributed by atoms with Crippen LogP contribution in [0.4, 0.5) is 4.79 Å². The van der Waals surface area contributed by atoms with Gasteiger partial charge in [0.05, 0.1) is 6.54 Å². The molecule has 6 heteroatoms. The van der Waals surface area contributed by atoms with E-state index >= 15 is 0 Å². The van der Waals surface area contributed by atoms with Gasteiger partial charge in [-0.2, -0.15) is 0 Å². The zero-order valence-electron chi connectivity index (χ0n) is 10.3. The average molecular weight is 253 g/mol. The number of rotatable bonds is 4. The first-order chi connectivity index (χ1) is 8.81. The van der Waals surface area contributed by atoms with Gasteiger partial charge in [0.25, 0.3) is 0 Å². The van der Waals surface area contributed by atoms with E-state index in [9.17, 15) is 4.79 Å². The second kappa shape index (κ2) is 6.39. The Balaban J connectivity index is 1.85. The molecule has 2 N–H and O–H groups in total. The molecule has 0 bridgehead atoms. The molecule has 1 fully saturated rings. The molecule has 0 radical (unpaired) electrons. The molecule has 1 aromatic heterocycles. The third-order valence-electron chi connectivity index (χ3n) is 3.26. The Labute approximate surface area is 106 Å². The van der Waals surface area contributed by atoms with Gasteiger partial charge in [-0.3, -0.25) is 0 Å². The number of aliphatic hydroxyl groups excluding tert-OH is 1. The summed E-state index contributed by atoms with van der Waals surface area (Å²) in [5.74, 6) is 0. The van der Waals surface area contributed by atoms with Crippen molar-refractivity contribution in [2.75, 3.05) is 13.2 Å². The quantitative estimate of drug-likeness (QED) is 0.842. The second-order valence-electron chi connectivity index (χ2n) is 4.50. The monoisotopic (exact) mass is 253 g/mol. The summed E-state index contributed by atoms with van der Waals surface area (Å²) in [6, 6.07) is 1.79. The summed E-state index contributed by atoms with van der Waals surface area (Å²) in [6.07, 6.45) is 5.25. The normalized spacial score (nSPS) is 19.8. The smallest absolute Gasteiger partial charge is 0.317 e. The summed E-state index contributed by atoms with van der Waals surface area (Å²) >= 11 is 0. The van der Waals surface area contributed by atoms with E-state index in [0.717, 1.165) is 25.8 Å². The average Bonchev–Trinajstić information content (AvgIpc) is 2.90. The van der Waals surface area contributed by atoms with Crippen LogP contribution in [-0.2, 0) is 6.54 Å². The zero-order chi connectivity index (χ0) is 12.8. The van der Waals surface area contributed by atoms with E-state index in [4.69, 9.17) is 9.63 Å². The van der Waals surface area contributed by atoms with E-state index in [1.165, 1.54) is 6.26 Å². The van der Waals surface area contributed by atoms with Crippen molar-refractivity contribution in [1.82, 2.24) is 15.4 Å². The lowest BCUT2D eigenvalue weighted by Crippen LogP contribution is -2.48. The molecule has 1 saturated heterocycles. The van der Waals surface area contributed by atoms with Crippen molar-refractivity contribution in [3.8, 4) is 0 Å². The van der Waals surface area contributed by atoms with Crippen LogP contribution in [0.2, 0.25) is 0 Å². The highest BCUT2D eigenvalue weighted by Gasteiger charge is 2.25. The summed E-state index contributed by atoms with van der Waals surface area (Å²) < 4.78 is 4.70. The lowest BCUT2D eigenvalue weighted by Gasteiger charge is -2.35. The van der Waals surface area contributed by atoms with Gasteiger partial charge in [-0.1, -0.05) is 5.16 Å². The molecule has 18 heavy (non-hydrogen) atoms. The van der Waals surface area contributed by atoms with Gasteiger partial charge in [0.15, 0.2) is 0 Å². The minimum absolute atomic E-state index is 0.0869. The minimum atomic E-state index is -0.0869. The maximum Gasteiger partial charge on any atom is 0.317 e. The first-order valence-corrected chi connectivity index (χ1v) is 6.36. The second-order valence-corrected chi connectivity index (χ2v) is 4.50. The fourth-order valence-electron chi connectivity index (χ4n) is 2.31. The van der Waals surface area contributed by atoms with Crippen molar-refractivity contribution in [2.45, 2.75) is 38.3 Å². The number of aliphatic hydroxyl groups is 1. The van der Waals surface area contributed by atoms with Gasteiger partial charge in [0.1, 0.15) is 12.0 Å². The molecule has 1 atom stereocenters. The molecule has 0 spiro atoms. The Hall–Kier alpha value is -1.56. The van der Waals surface area contributed by atoms with E-state index in [1.54, 1.807) is 6.07 Å². The Bertz CT molecular complexity index is 365. The first-order valence-electron chi connectivity index (χ1n) is 6.36. The third kappa shape index (κ3) is 3.22. The van der Waals surface area contributed by atoms with Crippen LogP contribution in [0.3, 0.4) is 0 Å². The van der Waals surface area contributed by atoms with E-state index in [0.29, 0.717) is 18.7 Å². The van der Waals surface area contributed by atoms with Gasteiger partial charge < -0.3 is 19.8 Å². The predicted octanol–water partition coefficient (Wildman–Crippen LogP) is 1.12. The Morgan fingerprint density at radius 3 is 3.22 bits per heavy atom. The van der Waals surface area contributed by atoms with Crippen LogP contribution in [0.25, 0.3) is 0 Å². The fraction of sp³-hybridized carbons (Fsp3) is 0.667. The van der Waals surface area contributed by atoms with Gasteiger partial charge >= 0.3 is 6.03 Å². The summed E-state index contributed by atoms with van der Waals surface area (Å²) in [5.41, 5.74) is 0.707. The Morgan fingerprint density at radius 2 is 2.50 bits per heavy atom. The van der Waals surface area contributed by atoms with E-state index in [-0.39, 0.29) is 18.7 Å². The molecular formula is C12H19N3O3. The topological polar surface area (TPSA) is 78.6 Å². The third-order valence-corrected chi connectivity index (χ3v) is 3.26. The molecule has 0 unspecified atom stereocenters. The van der Waals surface area contributed by atoms with Gasteiger partial charge in [-0.25, -0.2) is 4.79 Å². The molecule has 0 saturated carbocycles. The fourth-order valence-corrected chi connectivity index (χ4v) is 2.31. The first kappa shape index (κ1) is 12.9. The molecule has 1 aliphatic rings. The summed E-state index contributed by atoms with van der Waals surface area (Å²) in [5, 5.41) is 15.6. The highest BCUT2D eigenvalue weighted by atomic mass is 16.5. The number of carbonyl (C=O) groups excluding carboxylic acids is 1. The highest BCUT2D eigenvalue weighted by molar-refractivity contribution is 5.74. The summed E-state index contributed by atoms with van der Waals surface area (Å²) in [7, 11) is 0. The minimum Gasteiger partial charge on any atom is -0.396 e. The Morgan fingerprint density at radius 1 is 1.61 bits per heavy atom. The van der Waals surface area contributed by atoms with Gasteiger partial charge in [0.2, 0.25) is 0 Å². The number of urea groups is 1. The van der Waals surface area contributed by atoms with Crippen molar-refractivity contribution in [3.05, 3.63) is 18.0 Å². The van der Waals surface area contributed by atoms with Crippen LogP contribution in [0.15, 0.2) is 16.9 Å². The number of nitrogens with one attached hydrogen (secondary N) is 1. The number of amides is 2. The van der Waals surface area contributed by atoms with Crippen molar-refractivity contribution in [3.63, 3.8) is 0 Å². The van der Waals surface area contributed by atoms with Crippen molar-refractivity contribution < 1.29 is 14.4 Å². The van der Waals surface area contributed by atoms with Crippen molar-refractivity contribution in [2.24, 2.45) is 0 Å². The van der Waals surface area contributed by atoms with Crippen LogP contribution in [0.5, 0.6) is 0 Å². The number of aromatic nitrogens is 1. The maximum absolute atomic E-state index is 12.1. The van der Waals surface area contributed by atoms with Crippen molar-refractivity contribution >= 4 is 6.03 Å². The molecule has 2 amide bonds. The largest absolute Gasteiger partial charge is 0.396 e. The maximum atomic E-state index is 12.1. The number of carbonyl (C=O) groups is 1. The van der Waals surface area contributed by atoms with Crippen LogP contribution < -0.4 is 5.32 Å². The predicted molar refractivity (Wildman–Crippen MR) is 64.8 cm³/mol. The molecule has 100 valence electrons. The molecule has 2 rings (SSSR count). The summed E-state index contributed by atoms with van der Waals surface area (Å²) in [4.78, 5) is 13.9. The standard InChI is InChI=1S/C12H19N3O3/c16-7-4-11-3-1-2-6-15(11)12(17)13-9-10-5-8-18-14-10/h5,8,11,16H,1-4,6-7,9H2,(H,13,17)/t11-/m0/s1. The van der Waals surface area contributed by atoms with Crippen LogP contribution >= 0.6 is 0 Å². The number of nitrogens with zero attached hydrogens (tertiary/aromatic N) is 2. The number of hydrogen-bond acceptors (Lipinski definition) is 4. The molecule has 1 aliphatic heterocycles. The van der Waals surface area contributed by atoms with Gasteiger partial charge in [0, 0.05) is 25.3 Å². The molecule has 6 nitrogen and oxygen atoms in total. The number of hydrogen-bond donors (Lipinski definition) is 2. The van der Waals surface area contributed by atoms with Crippen LogP contribution in [0, 0.1) is 0 Å². The molecular weight excluding hydrogens is 234 g/mol.